The second kappa shape index (κ2) is 28.5. The Labute approximate surface area is 712 Å². The van der Waals surface area contributed by atoms with Crippen LogP contribution in [0.2, 0.25) is 0 Å². The van der Waals surface area contributed by atoms with E-state index in [0.29, 0.717) is 11.9 Å². The number of benzene rings is 20. The quantitative estimate of drug-likeness (QED) is 0.128. The second-order valence-electron chi connectivity index (χ2n) is 32.3. The van der Waals surface area contributed by atoms with Crippen LogP contribution in [-0.4, -0.2) is 38.2 Å². The molecule has 0 saturated heterocycles. The predicted octanol–water partition coefficient (Wildman–Crippen LogP) is 30.3. The van der Waals surface area contributed by atoms with Crippen LogP contribution in [0.1, 0.15) is 0 Å². The average molecular weight is 1580 g/mol. The van der Waals surface area contributed by atoms with Crippen LogP contribution in [0.5, 0.6) is 0 Å². The molecular weight excluding hydrogens is 1510 g/mol. The van der Waals surface area contributed by atoms with Crippen LogP contribution in [0, 0.1) is 0 Å². The molecule has 0 unspecified atom stereocenters. The zero-order valence-corrected chi connectivity index (χ0v) is 67.1. The summed E-state index contributed by atoms with van der Waals surface area (Å²) >= 11 is 0. The Balaban J connectivity index is 0.000000136. The number of rotatable bonds is 10. The van der Waals surface area contributed by atoms with Gasteiger partial charge in [-0.25, -0.2) is 19.9 Å². The van der Waals surface area contributed by atoms with E-state index in [1.165, 1.54) is 125 Å². The molecule has 0 amide bonds. The Bertz CT molecular complexity index is 8610. The van der Waals surface area contributed by atoms with Crippen molar-refractivity contribution in [1.29, 1.82) is 0 Å². The predicted molar refractivity (Wildman–Crippen MR) is 519 cm³/mol. The molecule has 0 radical (unpaired) electrons. The molecule has 20 aromatic carbocycles. The molecule has 0 atom stereocenters. The van der Waals surface area contributed by atoms with Crippen molar-refractivity contribution in [3.63, 3.8) is 0 Å². The number of hydrogen-bond donors (Lipinski definition) is 0. The minimum atomic E-state index is 0.646. The van der Waals surface area contributed by atoms with E-state index >= 15 is 0 Å². The van der Waals surface area contributed by atoms with Crippen molar-refractivity contribution in [2.24, 2.45) is 0 Å². The van der Waals surface area contributed by atoms with Gasteiger partial charge in [-0.2, -0.15) is 0 Å². The summed E-state index contributed by atoms with van der Waals surface area (Å²) in [6, 6.07) is 157. The molecule has 6 aromatic heterocycles. The van der Waals surface area contributed by atoms with E-state index < -0.39 is 0 Å². The van der Waals surface area contributed by atoms with Crippen molar-refractivity contribution >= 4 is 152 Å². The lowest BCUT2D eigenvalue weighted by Crippen LogP contribution is -2.03. The minimum absolute atomic E-state index is 0.646. The lowest BCUT2D eigenvalue weighted by molar-refractivity contribution is 0.995. The number of para-hydroxylation sites is 4. The molecular formula is C116H72N8. The Morgan fingerprint density at radius 1 is 0.137 bits per heavy atom. The first-order chi connectivity index (χ1) is 61.5. The Hall–Kier alpha value is -16.7. The molecule has 0 spiro atoms. The van der Waals surface area contributed by atoms with Gasteiger partial charge in [0.1, 0.15) is 0 Å². The summed E-state index contributed by atoms with van der Waals surface area (Å²) in [4.78, 5) is 21.0. The van der Waals surface area contributed by atoms with E-state index in [0.717, 1.165) is 105 Å². The lowest BCUT2D eigenvalue weighted by Gasteiger charge is -2.16. The van der Waals surface area contributed by atoms with Crippen molar-refractivity contribution in [2.75, 3.05) is 0 Å². The summed E-state index contributed by atoms with van der Waals surface area (Å²) in [5.41, 5.74) is 23.7. The maximum absolute atomic E-state index is 5.24. The molecule has 0 aliphatic rings. The maximum atomic E-state index is 5.24. The highest BCUT2D eigenvalue weighted by Crippen LogP contribution is 2.46. The van der Waals surface area contributed by atoms with Crippen LogP contribution < -0.4 is 0 Å². The third-order valence-electron chi connectivity index (χ3n) is 25.4. The molecule has 26 aromatic rings. The molecule has 0 fully saturated rings. The monoisotopic (exact) mass is 1580 g/mol. The molecule has 0 bridgehead atoms. The zero-order chi connectivity index (χ0) is 81.5. The first-order valence-electron chi connectivity index (χ1n) is 42.3. The van der Waals surface area contributed by atoms with Gasteiger partial charge in [0.2, 0.25) is 11.9 Å². The average Bonchev–Trinajstić information content (AvgIpc) is 1.41. The minimum Gasteiger partial charge on any atom is -0.309 e. The van der Waals surface area contributed by atoms with Gasteiger partial charge in [0.15, 0.2) is 0 Å². The van der Waals surface area contributed by atoms with Gasteiger partial charge in [0.05, 0.1) is 72.6 Å². The van der Waals surface area contributed by atoms with E-state index in [-0.39, 0.29) is 0 Å². The zero-order valence-electron chi connectivity index (χ0n) is 67.1. The molecule has 8 heteroatoms. The fraction of sp³-hybridized carbons (Fsp3) is 0. The van der Waals surface area contributed by atoms with Crippen molar-refractivity contribution in [3.8, 4) is 90.6 Å². The van der Waals surface area contributed by atoms with Crippen LogP contribution in [0.15, 0.2) is 437 Å². The summed E-state index contributed by atoms with van der Waals surface area (Å²) in [6.45, 7) is 0. The van der Waals surface area contributed by atoms with E-state index in [4.69, 9.17) is 19.9 Å². The van der Waals surface area contributed by atoms with Crippen LogP contribution in [0.4, 0.5) is 0 Å². The van der Waals surface area contributed by atoms with Crippen molar-refractivity contribution in [3.05, 3.63) is 437 Å². The largest absolute Gasteiger partial charge is 0.309 e. The molecule has 124 heavy (non-hydrogen) atoms. The van der Waals surface area contributed by atoms with Gasteiger partial charge in [-0.05, 0) is 185 Å². The smallest absolute Gasteiger partial charge is 0.235 e. The van der Waals surface area contributed by atoms with Gasteiger partial charge >= 0.3 is 0 Å². The van der Waals surface area contributed by atoms with Gasteiger partial charge in [0.25, 0.3) is 0 Å². The molecule has 576 valence electrons. The first-order valence-corrected chi connectivity index (χ1v) is 42.3. The van der Waals surface area contributed by atoms with Crippen molar-refractivity contribution < 1.29 is 0 Å². The summed E-state index contributed by atoms with van der Waals surface area (Å²) in [5.74, 6) is 1.29. The van der Waals surface area contributed by atoms with Gasteiger partial charge in [-0.15, -0.1) is 0 Å². The Morgan fingerprint density at radius 3 is 0.742 bits per heavy atom. The molecule has 6 heterocycles. The van der Waals surface area contributed by atoms with E-state index in [1.54, 1.807) is 0 Å². The molecule has 8 nitrogen and oxygen atoms in total. The molecule has 0 saturated carbocycles. The normalized spacial score (nSPS) is 11.9. The van der Waals surface area contributed by atoms with Crippen LogP contribution in [0.3, 0.4) is 0 Å². The van der Waals surface area contributed by atoms with E-state index in [9.17, 15) is 0 Å². The second-order valence-corrected chi connectivity index (χ2v) is 32.3. The number of aromatic nitrogens is 8. The van der Waals surface area contributed by atoms with Gasteiger partial charge < -0.3 is 9.13 Å². The summed E-state index contributed by atoms with van der Waals surface area (Å²) in [6.07, 6.45) is 0. The number of nitrogens with zero attached hydrogens (tertiary/aromatic N) is 8. The first kappa shape index (κ1) is 70.3. The van der Waals surface area contributed by atoms with Gasteiger partial charge in [-0.1, -0.05) is 334 Å². The molecule has 0 aliphatic carbocycles. The molecule has 0 aliphatic heterocycles. The fourth-order valence-electron chi connectivity index (χ4n) is 19.8. The third kappa shape index (κ3) is 11.3. The maximum Gasteiger partial charge on any atom is 0.235 e. The lowest BCUT2D eigenvalue weighted by atomic mass is 9.93. The molecule has 26 rings (SSSR count). The summed E-state index contributed by atoms with van der Waals surface area (Å²) in [7, 11) is 0. The van der Waals surface area contributed by atoms with Crippen LogP contribution in [0.25, 0.3) is 242 Å². The topological polar surface area (TPSA) is 71.3 Å². The Kier molecular flexibility index (Phi) is 16.2. The summed E-state index contributed by atoms with van der Waals surface area (Å²) in [5, 5.41) is 24.8. The highest BCUT2D eigenvalue weighted by molar-refractivity contribution is 6.29. The van der Waals surface area contributed by atoms with E-state index in [2.05, 4.69) is 431 Å². The molecule has 0 N–H and O–H groups in total. The number of hydrogen-bond acceptors (Lipinski definition) is 4. The summed E-state index contributed by atoms with van der Waals surface area (Å²) < 4.78 is 9.35. The van der Waals surface area contributed by atoms with Crippen LogP contribution >= 0.6 is 0 Å². The highest BCUT2D eigenvalue weighted by Gasteiger charge is 2.25. The van der Waals surface area contributed by atoms with Gasteiger partial charge in [0, 0.05) is 76.4 Å². The van der Waals surface area contributed by atoms with Crippen molar-refractivity contribution in [1.82, 2.24) is 38.2 Å². The standard InChI is InChI=1S/2C58H36N4/c1-3-16-37(17-4-1)50-36-51(38-18-5-2-6-19-38)60-58(59-50)62-53-28-14-12-24-45(53)49-35-40(31-33-55(49)62)39-30-32-54-48(34-39)44-23-11-13-27-52(44)61(54)56-29-15-26-47-43-21-8-7-20-41(43)42-22-9-10-25-46(42)57(47)56;1-3-15-37(16-4-1)52-36-53(38-17-5-2-6-18-38)60-58(59-52)62-55-26-14-12-24-48(55)51-34-40(28-32-57(51)62)39-27-31-56-50(33-39)47-23-11-13-25-54(47)61(56)41-29-30-46-44-21-8-7-19-42(44)43-20-9-10-22-45(43)49(46)35-41/h2*1-36H. The van der Waals surface area contributed by atoms with E-state index in [1.807, 2.05) is 24.3 Å². The highest BCUT2D eigenvalue weighted by atomic mass is 15.2. The van der Waals surface area contributed by atoms with Crippen LogP contribution in [-0.2, 0) is 0 Å². The SMILES string of the molecule is c1ccc(-c2cc(-c3ccccc3)nc(-n3c4ccccc4c4cc(-c5ccc6c(c5)c5ccccc5n6-c5ccc6c7ccccc7c7ccccc7c6c5)ccc43)n2)cc1.c1ccc(-c2cc(-c3ccccc3)nc(-n3c4ccccc4c4cc(-c5ccc6c(c5)c5ccccc5n6-c5cccc6c7ccccc7c7ccccc7c56)ccc43)n2)cc1. The Morgan fingerprint density at radius 2 is 0.387 bits per heavy atom. The van der Waals surface area contributed by atoms with Crippen molar-refractivity contribution in [2.45, 2.75) is 0 Å². The van der Waals surface area contributed by atoms with Gasteiger partial charge in [-0.3, -0.25) is 9.13 Å². The fourth-order valence-corrected chi connectivity index (χ4v) is 19.8. The third-order valence-corrected chi connectivity index (χ3v) is 25.4. The number of fused-ring (bicyclic) bond motifs is 24.